The largest absolute Gasteiger partial charge is 0.367 e. The predicted molar refractivity (Wildman–Crippen MR) is 113 cm³/mol. The lowest BCUT2D eigenvalue weighted by molar-refractivity contribution is -0.114. The second-order valence-electron chi connectivity index (χ2n) is 6.93. The van der Waals surface area contributed by atoms with E-state index in [1.54, 1.807) is 60.5 Å². The third-order valence-electron chi connectivity index (χ3n) is 5.04. The van der Waals surface area contributed by atoms with Crippen molar-refractivity contribution < 1.29 is 14.4 Å². The van der Waals surface area contributed by atoms with Crippen molar-refractivity contribution in [2.24, 2.45) is 0 Å². The minimum atomic E-state index is -0.398. The lowest BCUT2D eigenvalue weighted by Crippen LogP contribution is -2.32. The van der Waals surface area contributed by atoms with Crippen molar-refractivity contribution >= 4 is 28.6 Å². The Morgan fingerprint density at radius 2 is 1.24 bits per heavy atom. The average molecular weight is 381 g/mol. The molecule has 4 rings (SSSR count). The minimum absolute atomic E-state index is 0.00311. The molecule has 4 heteroatoms. The summed E-state index contributed by atoms with van der Waals surface area (Å²) in [4.78, 5) is 41.5. The van der Waals surface area contributed by atoms with Gasteiger partial charge in [-0.05, 0) is 17.7 Å². The molecule has 0 N–H and O–H groups in total. The molecule has 29 heavy (non-hydrogen) atoms. The molecule has 4 nitrogen and oxygen atoms in total. The molecule has 1 aliphatic rings. The third-order valence-corrected chi connectivity index (χ3v) is 5.04. The van der Waals surface area contributed by atoms with E-state index in [4.69, 9.17) is 0 Å². The van der Waals surface area contributed by atoms with Crippen LogP contribution in [0.3, 0.4) is 0 Å². The van der Waals surface area contributed by atoms with Crippen molar-refractivity contribution in [1.82, 2.24) is 0 Å². The van der Waals surface area contributed by atoms with E-state index in [-0.39, 0.29) is 34.8 Å². The quantitative estimate of drug-likeness (QED) is 0.621. The number of allylic oxidation sites excluding steroid dienone is 1. The van der Waals surface area contributed by atoms with Crippen LogP contribution >= 0.6 is 0 Å². The van der Waals surface area contributed by atoms with Crippen molar-refractivity contribution in [3.05, 3.63) is 107 Å². The number of anilines is 1. The van der Waals surface area contributed by atoms with Crippen molar-refractivity contribution in [2.45, 2.75) is 0 Å². The van der Waals surface area contributed by atoms with Crippen molar-refractivity contribution in [3.8, 4) is 0 Å². The number of para-hydroxylation sites is 1. The molecule has 3 aromatic rings. The maximum atomic E-state index is 13.3. The van der Waals surface area contributed by atoms with Gasteiger partial charge in [-0.1, -0.05) is 72.8 Å². The number of rotatable bonds is 5. The highest BCUT2D eigenvalue weighted by Gasteiger charge is 2.36. The van der Waals surface area contributed by atoms with Crippen LogP contribution in [0.4, 0.5) is 5.69 Å². The van der Waals surface area contributed by atoms with E-state index in [1.165, 1.54) is 0 Å². The maximum absolute atomic E-state index is 13.3. The number of carbonyl (C=O) groups excluding carboxylic acids is 3. The summed E-state index contributed by atoms with van der Waals surface area (Å²) in [5, 5.41) is 0. The van der Waals surface area contributed by atoms with Gasteiger partial charge in [0.15, 0.2) is 17.3 Å². The van der Waals surface area contributed by atoms with E-state index in [1.807, 2.05) is 36.4 Å². The second-order valence-corrected chi connectivity index (χ2v) is 6.93. The fraction of sp³-hybridized carbons (Fsp3) is 0.0800. The zero-order valence-corrected chi connectivity index (χ0v) is 16.0. The molecule has 0 unspecified atom stereocenters. The van der Waals surface area contributed by atoms with Gasteiger partial charge in [0.1, 0.15) is 0 Å². The molecular formula is C25H19NO3. The second kappa shape index (κ2) is 7.68. The third kappa shape index (κ3) is 3.41. The molecular weight excluding hydrogens is 362 g/mol. The number of likely N-dealkylation sites (N-methyl/N-ethyl adjacent to an activating group) is 1. The molecule has 1 aliphatic carbocycles. The summed E-state index contributed by atoms with van der Waals surface area (Å²) in [6.07, 6.45) is 0. The number of fused-ring (bicyclic) bond motifs is 1. The Morgan fingerprint density at radius 1 is 0.724 bits per heavy atom. The summed E-state index contributed by atoms with van der Waals surface area (Å²) in [5.41, 5.74) is 2.19. The van der Waals surface area contributed by atoms with Crippen molar-refractivity contribution in [2.75, 3.05) is 18.5 Å². The van der Waals surface area contributed by atoms with Gasteiger partial charge in [0.05, 0.1) is 12.1 Å². The van der Waals surface area contributed by atoms with Crippen LogP contribution in [0.2, 0.25) is 0 Å². The predicted octanol–water partition coefficient (Wildman–Crippen LogP) is 4.22. The van der Waals surface area contributed by atoms with Crippen LogP contribution < -0.4 is 4.90 Å². The number of benzene rings is 3. The van der Waals surface area contributed by atoms with E-state index < -0.39 is 5.78 Å². The number of hydrogen-bond donors (Lipinski definition) is 0. The SMILES string of the molecule is CN(CC(=O)C1=C(c2ccccc2)C(=O)c2ccccc2C1=O)c1ccccc1. The van der Waals surface area contributed by atoms with E-state index in [9.17, 15) is 14.4 Å². The van der Waals surface area contributed by atoms with Crippen LogP contribution in [0.1, 0.15) is 26.3 Å². The van der Waals surface area contributed by atoms with Gasteiger partial charge in [-0.25, -0.2) is 0 Å². The van der Waals surface area contributed by atoms with Crippen LogP contribution in [0.15, 0.2) is 90.5 Å². The summed E-state index contributed by atoms with van der Waals surface area (Å²) in [6, 6.07) is 25.0. The van der Waals surface area contributed by atoms with Gasteiger partial charge in [-0.2, -0.15) is 0 Å². The number of hydrogen-bond acceptors (Lipinski definition) is 4. The Morgan fingerprint density at radius 3 is 1.86 bits per heavy atom. The van der Waals surface area contributed by atoms with Crippen LogP contribution in [-0.2, 0) is 4.79 Å². The molecule has 0 radical (unpaired) electrons. The molecule has 0 fully saturated rings. The normalized spacial score (nSPS) is 13.3. The van der Waals surface area contributed by atoms with Crippen LogP contribution in [0, 0.1) is 0 Å². The van der Waals surface area contributed by atoms with Gasteiger partial charge in [0.25, 0.3) is 0 Å². The van der Waals surface area contributed by atoms with Crippen molar-refractivity contribution in [1.29, 1.82) is 0 Å². The molecule has 0 saturated carbocycles. The van der Waals surface area contributed by atoms with Crippen molar-refractivity contribution in [3.63, 3.8) is 0 Å². The smallest absolute Gasteiger partial charge is 0.198 e. The zero-order chi connectivity index (χ0) is 20.4. The number of ketones is 3. The number of Topliss-reactive ketones (excluding diaryl/α,β-unsaturated/α-hetero) is 3. The summed E-state index contributed by atoms with van der Waals surface area (Å²) in [6.45, 7) is -0.00311. The monoisotopic (exact) mass is 381 g/mol. The standard InChI is InChI=1S/C25H19NO3/c1-26(18-12-6-3-7-13-18)16-21(27)23-22(17-10-4-2-5-11-17)24(28)19-14-8-9-15-20(19)25(23)29/h2-15H,16H2,1H3. The molecule has 0 saturated heterocycles. The average Bonchev–Trinajstić information content (AvgIpc) is 2.77. The first kappa shape index (κ1) is 18.6. The first-order valence-electron chi connectivity index (χ1n) is 9.35. The molecule has 0 amide bonds. The number of nitrogens with zero attached hydrogens (tertiary/aromatic N) is 1. The first-order valence-corrected chi connectivity index (χ1v) is 9.35. The van der Waals surface area contributed by atoms with Gasteiger partial charge < -0.3 is 4.90 Å². The van der Waals surface area contributed by atoms with Crippen LogP contribution in [-0.4, -0.2) is 30.9 Å². The molecule has 0 heterocycles. The fourth-order valence-electron chi connectivity index (χ4n) is 3.59. The van der Waals surface area contributed by atoms with E-state index >= 15 is 0 Å². The minimum Gasteiger partial charge on any atom is -0.367 e. The van der Waals surface area contributed by atoms with Crippen LogP contribution in [0.25, 0.3) is 5.57 Å². The molecule has 0 spiro atoms. The molecule has 0 atom stereocenters. The first-order chi connectivity index (χ1) is 14.1. The molecule has 0 aliphatic heterocycles. The fourth-order valence-corrected chi connectivity index (χ4v) is 3.59. The van der Waals surface area contributed by atoms with E-state index in [0.717, 1.165) is 5.69 Å². The van der Waals surface area contributed by atoms with E-state index in [2.05, 4.69) is 0 Å². The van der Waals surface area contributed by atoms with Gasteiger partial charge in [0, 0.05) is 29.4 Å². The lowest BCUT2D eigenvalue weighted by Gasteiger charge is -2.23. The Kier molecular flexibility index (Phi) is 4.92. The van der Waals surface area contributed by atoms with E-state index in [0.29, 0.717) is 11.1 Å². The lowest BCUT2D eigenvalue weighted by atomic mass is 9.79. The Hall–Kier alpha value is -3.79. The summed E-state index contributed by atoms with van der Waals surface area (Å²) >= 11 is 0. The maximum Gasteiger partial charge on any atom is 0.198 e. The van der Waals surface area contributed by atoms with Gasteiger partial charge >= 0.3 is 0 Å². The molecule has 0 aromatic heterocycles. The summed E-state index contributed by atoms with van der Waals surface area (Å²) in [5.74, 6) is -1.06. The molecule has 142 valence electrons. The summed E-state index contributed by atoms with van der Waals surface area (Å²) < 4.78 is 0. The molecule has 0 bridgehead atoms. The highest BCUT2D eigenvalue weighted by atomic mass is 16.2. The Balaban J connectivity index is 1.81. The highest BCUT2D eigenvalue weighted by molar-refractivity contribution is 6.47. The Bertz CT molecular complexity index is 1130. The van der Waals surface area contributed by atoms with Gasteiger partial charge in [-0.15, -0.1) is 0 Å². The number of carbonyl (C=O) groups is 3. The van der Waals surface area contributed by atoms with Crippen LogP contribution in [0.5, 0.6) is 0 Å². The Labute approximate surface area is 169 Å². The summed E-state index contributed by atoms with van der Waals surface area (Å²) in [7, 11) is 1.79. The molecule has 3 aromatic carbocycles. The highest BCUT2D eigenvalue weighted by Crippen LogP contribution is 2.33. The van der Waals surface area contributed by atoms with Gasteiger partial charge in [-0.3, -0.25) is 14.4 Å². The topological polar surface area (TPSA) is 54.5 Å². The zero-order valence-electron chi connectivity index (χ0n) is 16.0. The van der Waals surface area contributed by atoms with Gasteiger partial charge in [0.2, 0.25) is 0 Å².